The van der Waals surface area contributed by atoms with Crippen LogP contribution < -0.4 is 0 Å². The Hall–Kier alpha value is -2.58. The summed E-state index contributed by atoms with van der Waals surface area (Å²) in [5.74, 6) is 0.340. The van der Waals surface area contributed by atoms with E-state index in [9.17, 15) is 8.42 Å². The summed E-state index contributed by atoms with van der Waals surface area (Å²) in [6.45, 7) is 0. The van der Waals surface area contributed by atoms with E-state index in [1.54, 1.807) is 11.3 Å². The second-order valence-corrected chi connectivity index (χ2v) is 8.16. The van der Waals surface area contributed by atoms with E-state index in [1.165, 1.54) is 0 Å². The van der Waals surface area contributed by atoms with Crippen LogP contribution >= 0.6 is 11.3 Å². The highest BCUT2D eigenvalue weighted by Crippen LogP contribution is 2.32. The van der Waals surface area contributed by atoms with Crippen molar-refractivity contribution >= 4 is 32.1 Å². The lowest BCUT2D eigenvalue weighted by atomic mass is 10.1. The molecule has 0 aliphatic carbocycles. The molecular formula is C16H12N4O2S2. The predicted octanol–water partition coefficient (Wildman–Crippen LogP) is 3.15. The number of thiophene rings is 1. The van der Waals surface area contributed by atoms with Gasteiger partial charge in [-0.3, -0.25) is 0 Å². The molecule has 1 N–H and O–H groups in total. The van der Waals surface area contributed by atoms with Gasteiger partial charge in [0.1, 0.15) is 0 Å². The Morgan fingerprint density at radius 3 is 2.62 bits per heavy atom. The predicted molar refractivity (Wildman–Crippen MR) is 93.5 cm³/mol. The Bertz CT molecular complexity index is 1130. The molecule has 0 saturated carbocycles. The van der Waals surface area contributed by atoms with Crippen molar-refractivity contribution in [3.63, 3.8) is 0 Å². The largest absolute Gasteiger partial charge is 0.249 e. The van der Waals surface area contributed by atoms with Gasteiger partial charge in [0, 0.05) is 17.2 Å². The monoisotopic (exact) mass is 356 g/mol. The molecule has 0 bridgehead atoms. The molecule has 3 heterocycles. The van der Waals surface area contributed by atoms with E-state index in [2.05, 4.69) is 20.2 Å². The molecule has 0 radical (unpaired) electrons. The molecular weight excluding hydrogens is 344 g/mol. The summed E-state index contributed by atoms with van der Waals surface area (Å²) in [4.78, 5) is 9.86. The number of benzene rings is 1. The first-order chi connectivity index (χ1) is 11.5. The van der Waals surface area contributed by atoms with Gasteiger partial charge in [0.25, 0.3) is 0 Å². The van der Waals surface area contributed by atoms with E-state index < -0.39 is 9.84 Å². The van der Waals surface area contributed by atoms with Crippen LogP contribution in [0.4, 0.5) is 0 Å². The Kier molecular flexibility index (Phi) is 3.43. The van der Waals surface area contributed by atoms with Gasteiger partial charge < -0.3 is 0 Å². The summed E-state index contributed by atoms with van der Waals surface area (Å²) >= 11 is 1.59. The zero-order valence-electron chi connectivity index (χ0n) is 12.6. The van der Waals surface area contributed by atoms with Gasteiger partial charge in [0.15, 0.2) is 5.82 Å². The Balaban J connectivity index is 1.98. The summed E-state index contributed by atoms with van der Waals surface area (Å²) in [5.41, 5.74) is 2.36. The quantitative estimate of drug-likeness (QED) is 0.609. The van der Waals surface area contributed by atoms with Gasteiger partial charge in [0.2, 0.25) is 15.0 Å². The lowest BCUT2D eigenvalue weighted by Gasteiger charge is -2.06. The third kappa shape index (κ3) is 2.59. The highest BCUT2D eigenvalue weighted by atomic mass is 32.2. The second kappa shape index (κ2) is 5.50. The maximum Gasteiger partial charge on any atom is 0.243 e. The van der Waals surface area contributed by atoms with Gasteiger partial charge in [-0.1, -0.05) is 24.3 Å². The van der Waals surface area contributed by atoms with Crippen LogP contribution in [-0.4, -0.2) is 34.8 Å². The van der Waals surface area contributed by atoms with Crippen LogP contribution in [0.3, 0.4) is 0 Å². The smallest absolute Gasteiger partial charge is 0.243 e. The molecule has 0 fully saturated rings. The molecule has 4 rings (SSSR count). The highest BCUT2D eigenvalue weighted by Gasteiger charge is 2.17. The molecule has 0 amide bonds. The van der Waals surface area contributed by atoms with Crippen molar-refractivity contribution in [1.82, 2.24) is 20.2 Å². The molecule has 120 valence electrons. The van der Waals surface area contributed by atoms with E-state index in [4.69, 9.17) is 0 Å². The van der Waals surface area contributed by atoms with Crippen molar-refractivity contribution < 1.29 is 8.42 Å². The van der Waals surface area contributed by atoms with Crippen molar-refractivity contribution in [1.29, 1.82) is 0 Å². The van der Waals surface area contributed by atoms with Crippen molar-refractivity contribution in [2.45, 2.75) is 5.16 Å². The van der Waals surface area contributed by atoms with Crippen molar-refractivity contribution in [2.75, 3.05) is 6.26 Å². The average Bonchev–Trinajstić information content (AvgIpc) is 3.25. The number of aromatic nitrogens is 4. The Labute approximate surface area is 142 Å². The normalized spacial score (nSPS) is 11.9. The zero-order chi connectivity index (χ0) is 16.7. The molecule has 3 aromatic heterocycles. The summed E-state index contributed by atoms with van der Waals surface area (Å²) in [6, 6.07) is 13.5. The lowest BCUT2D eigenvalue weighted by molar-refractivity contribution is 0.594. The van der Waals surface area contributed by atoms with Crippen LogP contribution in [0.15, 0.2) is 53.0 Å². The number of hydrogen-bond donors (Lipinski definition) is 1. The number of hydrogen-bond acceptors (Lipinski definition) is 6. The average molecular weight is 356 g/mol. The standard InChI is InChI=1S/C16H12N4O2S2/c1-24(21,22)16-18-15(19-20-16)11-9-13(14-7-4-8-23-14)17-12-6-3-2-5-10(11)12/h2-9H,1H3,(H,18,19,20). The number of fused-ring (bicyclic) bond motifs is 1. The van der Waals surface area contributed by atoms with E-state index in [0.717, 1.165) is 33.3 Å². The highest BCUT2D eigenvalue weighted by molar-refractivity contribution is 7.90. The van der Waals surface area contributed by atoms with Gasteiger partial charge in [-0.2, -0.15) is 10.1 Å². The molecule has 0 unspecified atom stereocenters. The Morgan fingerprint density at radius 2 is 1.92 bits per heavy atom. The fourth-order valence-corrected chi connectivity index (χ4v) is 3.59. The number of pyridine rings is 1. The summed E-state index contributed by atoms with van der Waals surface area (Å²) < 4.78 is 23.3. The van der Waals surface area contributed by atoms with Crippen molar-refractivity contribution in [2.24, 2.45) is 0 Å². The van der Waals surface area contributed by atoms with E-state index in [0.29, 0.717) is 5.82 Å². The molecule has 0 atom stereocenters. The fourth-order valence-electron chi connectivity index (χ4n) is 2.44. The number of nitrogens with one attached hydrogen (secondary N) is 1. The third-order valence-corrected chi connectivity index (χ3v) is 5.32. The first kappa shape index (κ1) is 15.0. The summed E-state index contributed by atoms with van der Waals surface area (Å²) in [7, 11) is -3.44. The molecule has 0 aliphatic rings. The van der Waals surface area contributed by atoms with E-state index in [-0.39, 0.29) is 5.16 Å². The number of nitrogens with zero attached hydrogens (tertiary/aromatic N) is 3. The maximum atomic E-state index is 11.7. The summed E-state index contributed by atoms with van der Waals surface area (Å²) in [5, 5.41) is 9.30. The minimum atomic E-state index is -3.44. The zero-order valence-corrected chi connectivity index (χ0v) is 14.2. The number of sulfone groups is 1. The fraction of sp³-hybridized carbons (Fsp3) is 0.0625. The van der Waals surface area contributed by atoms with Gasteiger partial charge in [-0.15, -0.1) is 11.3 Å². The van der Waals surface area contributed by atoms with E-state index >= 15 is 0 Å². The van der Waals surface area contributed by atoms with Crippen LogP contribution in [0.1, 0.15) is 0 Å². The summed E-state index contributed by atoms with van der Waals surface area (Å²) in [6.07, 6.45) is 1.10. The molecule has 8 heteroatoms. The molecule has 0 aliphatic heterocycles. The molecule has 0 spiro atoms. The maximum absolute atomic E-state index is 11.7. The number of H-pyrrole nitrogens is 1. The van der Waals surface area contributed by atoms with Gasteiger partial charge >= 0.3 is 0 Å². The van der Waals surface area contributed by atoms with Crippen LogP contribution in [0.2, 0.25) is 0 Å². The lowest BCUT2D eigenvalue weighted by Crippen LogP contribution is -1.99. The van der Waals surface area contributed by atoms with Crippen molar-refractivity contribution in [3.05, 3.63) is 47.8 Å². The van der Waals surface area contributed by atoms with Gasteiger partial charge in [0.05, 0.1) is 16.1 Å². The van der Waals surface area contributed by atoms with Crippen LogP contribution in [-0.2, 0) is 9.84 Å². The first-order valence-corrected chi connectivity index (χ1v) is 9.86. The molecule has 0 saturated heterocycles. The molecule has 24 heavy (non-hydrogen) atoms. The van der Waals surface area contributed by atoms with Crippen LogP contribution in [0, 0.1) is 0 Å². The van der Waals surface area contributed by atoms with E-state index in [1.807, 2.05) is 47.8 Å². The third-order valence-electron chi connectivity index (χ3n) is 3.55. The molecule has 6 nitrogen and oxygen atoms in total. The molecule has 1 aromatic carbocycles. The molecule has 4 aromatic rings. The number of rotatable bonds is 3. The first-order valence-electron chi connectivity index (χ1n) is 7.09. The van der Waals surface area contributed by atoms with Gasteiger partial charge in [-0.25, -0.2) is 18.5 Å². The van der Waals surface area contributed by atoms with Gasteiger partial charge in [-0.05, 0) is 23.6 Å². The number of para-hydroxylation sites is 1. The van der Waals surface area contributed by atoms with Crippen LogP contribution in [0.5, 0.6) is 0 Å². The number of aromatic amines is 1. The Morgan fingerprint density at radius 1 is 1.08 bits per heavy atom. The second-order valence-electron chi connectivity index (χ2n) is 5.29. The topological polar surface area (TPSA) is 88.6 Å². The SMILES string of the molecule is CS(=O)(=O)c1nc(-c2cc(-c3cccs3)nc3ccccc23)n[nH]1. The van der Waals surface area contributed by atoms with Crippen LogP contribution in [0.25, 0.3) is 32.9 Å². The minimum Gasteiger partial charge on any atom is -0.249 e. The minimum absolute atomic E-state index is 0.143. The van der Waals surface area contributed by atoms with Crippen molar-refractivity contribution in [3.8, 4) is 22.0 Å².